The maximum atomic E-state index is 13.3. The van der Waals surface area contributed by atoms with E-state index in [0.717, 1.165) is 5.56 Å². The maximum Gasteiger partial charge on any atom is 0.254 e. The van der Waals surface area contributed by atoms with Crippen LogP contribution in [0.1, 0.15) is 22.2 Å². The van der Waals surface area contributed by atoms with Gasteiger partial charge in [-0.3, -0.25) is 4.79 Å². The Hall–Kier alpha value is -3.22. The number of amides is 1. The van der Waals surface area contributed by atoms with E-state index in [0.29, 0.717) is 36.1 Å². The van der Waals surface area contributed by atoms with Gasteiger partial charge in [0.15, 0.2) is 0 Å². The van der Waals surface area contributed by atoms with Crippen molar-refractivity contribution in [1.29, 1.82) is 0 Å². The summed E-state index contributed by atoms with van der Waals surface area (Å²) < 4.78 is 23.9. The molecule has 1 aliphatic heterocycles. The highest BCUT2D eigenvalue weighted by molar-refractivity contribution is 5.94. The van der Waals surface area contributed by atoms with E-state index in [1.807, 2.05) is 24.3 Å². The molecule has 3 aromatic rings. The Labute approximate surface area is 149 Å². The van der Waals surface area contributed by atoms with Gasteiger partial charge in [-0.25, -0.2) is 4.39 Å². The number of methoxy groups -OCH3 is 1. The van der Waals surface area contributed by atoms with E-state index in [-0.39, 0.29) is 11.8 Å². The minimum absolute atomic E-state index is 0.0246. The predicted molar refractivity (Wildman–Crippen MR) is 91.3 cm³/mol. The summed E-state index contributed by atoms with van der Waals surface area (Å²) in [5.41, 5.74) is 1.08. The Kier molecular flexibility index (Phi) is 4.12. The minimum Gasteiger partial charge on any atom is -0.496 e. The van der Waals surface area contributed by atoms with Crippen LogP contribution in [0.4, 0.5) is 4.39 Å². The number of ether oxygens (including phenoxy) is 1. The molecule has 0 bridgehead atoms. The van der Waals surface area contributed by atoms with Crippen molar-refractivity contribution in [2.75, 3.05) is 20.2 Å². The third-order valence-corrected chi connectivity index (χ3v) is 4.38. The molecule has 2 heterocycles. The van der Waals surface area contributed by atoms with Crippen molar-refractivity contribution in [1.82, 2.24) is 15.0 Å². The summed E-state index contributed by atoms with van der Waals surface area (Å²) in [6.07, 6.45) is 0. The Bertz CT molecular complexity index is 950. The number of hydrogen-bond donors (Lipinski definition) is 0. The number of likely N-dealkylation sites (tertiary alicyclic amines) is 1. The van der Waals surface area contributed by atoms with Crippen molar-refractivity contribution in [3.8, 4) is 17.1 Å². The number of rotatable bonds is 4. The Morgan fingerprint density at radius 3 is 2.81 bits per heavy atom. The zero-order valence-electron chi connectivity index (χ0n) is 14.1. The molecular weight excluding hydrogens is 337 g/mol. The van der Waals surface area contributed by atoms with Gasteiger partial charge in [-0.1, -0.05) is 23.4 Å². The van der Waals surface area contributed by atoms with Crippen LogP contribution in [0.25, 0.3) is 11.4 Å². The van der Waals surface area contributed by atoms with E-state index in [1.165, 1.54) is 18.2 Å². The lowest BCUT2D eigenvalue weighted by atomic mass is 9.98. The van der Waals surface area contributed by atoms with Crippen LogP contribution in [0, 0.1) is 5.82 Å². The topological polar surface area (TPSA) is 68.5 Å². The molecule has 0 spiro atoms. The molecule has 1 saturated heterocycles. The van der Waals surface area contributed by atoms with E-state index < -0.39 is 5.82 Å². The summed E-state index contributed by atoms with van der Waals surface area (Å²) in [5, 5.41) is 4.02. The van der Waals surface area contributed by atoms with Crippen LogP contribution in [0.3, 0.4) is 0 Å². The number of hydrogen-bond acceptors (Lipinski definition) is 5. The van der Waals surface area contributed by atoms with Crippen LogP contribution < -0.4 is 4.74 Å². The SMILES string of the molecule is COc1ccccc1-c1noc(C2CN(C(=O)c3cccc(F)c3)C2)n1. The zero-order chi connectivity index (χ0) is 18.1. The quantitative estimate of drug-likeness (QED) is 0.721. The molecule has 0 radical (unpaired) electrons. The van der Waals surface area contributed by atoms with Gasteiger partial charge >= 0.3 is 0 Å². The molecule has 1 fully saturated rings. The number of halogens is 1. The summed E-state index contributed by atoms with van der Waals surface area (Å²) in [6, 6.07) is 13.1. The van der Waals surface area contributed by atoms with Gasteiger partial charge in [0.1, 0.15) is 11.6 Å². The van der Waals surface area contributed by atoms with Crippen LogP contribution in [0.15, 0.2) is 53.1 Å². The summed E-state index contributed by atoms with van der Waals surface area (Å²) in [5.74, 6) is 0.942. The first-order chi connectivity index (χ1) is 12.7. The standard InChI is InChI=1S/C19H16FN3O3/c1-25-16-8-3-2-7-15(16)17-21-18(26-22-17)13-10-23(11-13)19(24)12-5-4-6-14(20)9-12/h2-9,13H,10-11H2,1H3. The van der Waals surface area contributed by atoms with Gasteiger partial charge in [0.2, 0.25) is 11.7 Å². The average Bonchev–Trinajstić information content (AvgIpc) is 3.09. The first-order valence-electron chi connectivity index (χ1n) is 8.17. The highest BCUT2D eigenvalue weighted by atomic mass is 19.1. The molecule has 0 saturated carbocycles. The second kappa shape index (κ2) is 6.59. The fourth-order valence-electron chi connectivity index (χ4n) is 2.94. The van der Waals surface area contributed by atoms with E-state index >= 15 is 0 Å². The van der Waals surface area contributed by atoms with Crippen molar-refractivity contribution < 1.29 is 18.4 Å². The number of aromatic nitrogens is 2. The van der Waals surface area contributed by atoms with Crippen molar-refractivity contribution in [3.63, 3.8) is 0 Å². The van der Waals surface area contributed by atoms with Gasteiger partial charge in [-0.2, -0.15) is 4.98 Å². The van der Waals surface area contributed by atoms with E-state index in [2.05, 4.69) is 10.1 Å². The molecule has 0 N–H and O–H groups in total. The van der Waals surface area contributed by atoms with Gasteiger partial charge in [0.05, 0.1) is 18.6 Å². The molecule has 2 aromatic carbocycles. The first kappa shape index (κ1) is 16.3. The molecule has 4 rings (SSSR count). The molecule has 1 amide bonds. The summed E-state index contributed by atoms with van der Waals surface area (Å²) in [6.45, 7) is 0.922. The molecular formula is C19H16FN3O3. The van der Waals surface area contributed by atoms with E-state index in [4.69, 9.17) is 9.26 Å². The van der Waals surface area contributed by atoms with Crippen LogP contribution in [-0.2, 0) is 0 Å². The van der Waals surface area contributed by atoms with Gasteiger partial charge < -0.3 is 14.2 Å². The van der Waals surface area contributed by atoms with Crippen molar-refractivity contribution in [2.24, 2.45) is 0 Å². The van der Waals surface area contributed by atoms with Gasteiger partial charge in [0, 0.05) is 18.7 Å². The Balaban J connectivity index is 1.45. The fourth-order valence-corrected chi connectivity index (χ4v) is 2.94. The monoisotopic (exact) mass is 353 g/mol. The van der Waals surface area contributed by atoms with Crippen LogP contribution in [0.2, 0.25) is 0 Å². The van der Waals surface area contributed by atoms with Crippen LogP contribution in [0.5, 0.6) is 5.75 Å². The number of nitrogens with zero attached hydrogens (tertiary/aromatic N) is 3. The van der Waals surface area contributed by atoms with Gasteiger partial charge in [-0.15, -0.1) is 0 Å². The van der Waals surface area contributed by atoms with Crippen molar-refractivity contribution in [3.05, 3.63) is 65.8 Å². The lowest BCUT2D eigenvalue weighted by Gasteiger charge is -2.37. The van der Waals surface area contributed by atoms with Gasteiger partial charge in [0.25, 0.3) is 5.91 Å². The van der Waals surface area contributed by atoms with E-state index in [9.17, 15) is 9.18 Å². The Morgan fingerprint density at radius 1 is 1.23 bits per heavy atom. The third kappa shape index (κ3) is 2.92. The zero-order valence-corrected chi connectivity index (χ0v) is 14.1. The summed E-state index contributed by atoms with van der Waals surface area (Å²) in [7, 11) is 1.58. The molecule has 0 aliphatic carbocycles. The average molecular weight is 353 g/mol. The smallest absolute Gasteiger partial charge is 0.254 e. The predicted octanol–water partition coefficient (Wildman–Crippen LogP) is 3.12. The number of carbonyl (C=O) groups is 1. The first-order valence-corrected chi connectivity index (χ1v) is 8.17. The second-order valence-electron chi connectivity index (χ2n) is 6.07. The van der Waals surface area contributed by atoms with Gasteiger partial charge in [-0.05, 0) is 30.3 Å². The molecule has 6 nitrogen and oxygen atoms in total. The van der Waals surface area contributed by atoms with Crippen molar-refractivity contribution in [2.45, 2.75) is 5.92 Å². The molecule has 26 heavy (non-hydrogen) atoms. The molecule has 0 atom stereocenters. The summed E-state index contributed by atoms with van der Waals surface area (Å²) in [4.78, 5) is 18.4. The highest BCUT2D eigenvalue weighted by Crippen LogP contribution is 2.31. The summed E-state index contributed by atoms with van der Waals surface area (Å²) >= 11 is 0. The molecule has 1 aliphatic rings. The lowest BCUT2D eigenvalue weighted by Crippen LogP contribution is -2.48. The number of para-hydroxylation sites is 1. The van der Waals surface area contributed by atoms with Crippen LogP contribution in [-0.4, -0.2) is 41.1 Å². The second-order valence-corrected chi connectivity index (χ2v) is 6.07. The van der Waals surface area contributed by atoms with E-state index in [1.54, 1.807) is 18.1 Å². The largest absolute Gasteiger partial charge is 0.496 e. The highest BCUT2D eigenvalue weighted by Gasteiger charge is 2.36. The Morgan fingerprint density at radius 2 is 2.04 bits per heavy atom. The normalized spacial score (nSPS) is 14.2. The molecule has 0 unspecified atom stereocenters. The van der Waals surface area contributed by atoms with Crippen molar-refractivity contribution >= 4 is 5.91 Å². The fraction of sp³-hybridized carbons (Fsp3) is 0.211. The maximum absolute atomic E-state index is 13.3. The number of benzene rings is 2. The molecule has 1 aromatic heterocycles. The number of carbonyl (C=O) groups excluding carboxylic acids is 1. The third-order valence-electron chi connectivity index (χ3n) is 4.38. The lowest BCUT2D eigenvalue weighted by molar-refractivity contribution is 0.0568. The molecule has 7 heteroatoms. The minimum atomic E-state index is -0.425. The molecule has 132 valence electrons. The van der Waals surface area contributed by atoms with Crippen LogP contribution >= 0.6 is 0 Å².